The van der Waals surface area contributed by atoms with Crippen molar-refractivity contribution < 1.29 is 4.79 Å². The minimum atomic E-state index is -0.355. The maximum atomic E-state index is 12.0. The maximum Gasteiger partial charge on any atom is 0.257 e. The lowest BCUT2D eigenvalue weighted by atomic mass is 10.2. The average Bonchev–Trinajstić information content (AvgIpc) is 2.47. The highest BCUT2D eigenvalue weighted by Gasteiger charge is 2.08. The molecule has 1 amide bonds. The second-order valence-corrected chi connectivity index (χ2v) is 4.96. The molecule has 0 radical (unpaired) electrons. The number of amides is 1. The molecule has 104 valence electrons. The van der Waals surface area contributed by atoms with E-state index in [4.69, 9.17) is 29.1 Å². The van der Waals surface area contributed by atoms with Gasteiger partial charge >= 0.3 is 0 Å². The van der Waals surface area contributed by atoms with Gasteiger partial charge in [0.25, 0.3) is 5.91 Å². The summed E-state index contributed by atoms with van der Waals surface area (Å²) in [6.07, 6.45) is 0. The van der Waals surface area contributed by atoms with Gasteiger partial charge in [0.15, 0.2) is 5.11 Å². The van der Waals surface area contributed by atoms with Crippen LogP contribution in [0, 0.1) is 11.3 Å². The molecule has 0 fully saturated rings. The molecule has 0 aliphatic carbocycles. The number of hydrogen-bond acceptors (Lipinski definition) is 3. The zero-order chi connectivity index (χ0) is 15.2. The number of nitrogens with one attached hydrogen (secondary N) is 2. The summed E-state index contributed by atoms with van der Waals surface area (Å²) in [5.41, 5.74) is 1.55. The first-order valence-electron chi connectivity index (χ1n) is 5.96. The van der Waals surface area contributed by atoms with Crippen LogP contribution in [0.25, 0.3) is 0 Å². The van der Waals surface area contributed by atoms with Gasteiger partial charge in [-0.05, 0) is 48.6 Å². The van der Waals surface area contributed by atoms with E-state index in [0.717, 1.165) is 0 Å². The van der Waals surface area contributed by atoms with E-state index in [1.54, 1.807) is 48.5 Å². The van der Waals surface area contributed by atoms with E-state index >= 15 is 0 Å². The fraction of sp³-hybridized carbons (Fsp3) is 0. The molecule has 0 saturated carbocycles. The SMILES string of the molecule is N#Cc1cccc(NC(=S)NC(=O)c2cccc(Cl)c2)c1. The zero-order valence-corrected chi connectivity index (χ0v) is 12.3. The van der Waals surface area contributed by atoms with Gasteiger partial charge in [0.2, 0.25) is 0 Å². The van der Waals surface area contributed by atoms with Crippen molar-refractivity contribution in [3.05, 3.63) is 64.7 Å². The van der Waals surface area contributed by atoms with E-state index in [1.807, 2.05) is 6.07 Å². The average molecular weight is 316 g/mol. The van der Waals surface area contributed by atoms with Crippen molar-refractivity contribution in [3.63, 3.8) is 0 Å². The third-order valence-corrected chi connectivity index (χ3v) is 3.00. The predicted molar refractivity (Wildman–Crippen MR) is 86.3 cm³/mol. The molecule has 2 aromatic carbocycles. The fourth-order valence-corrected chi connectivity index (χ4v) is 2.03. The number of halogens is 1. The molecule has 6 heteroatoms. The largest absolute Gasteiger partial charge is 0.332 e. The highest BCUT2D eigenvalue weighted by molar-refractivity contribution is 7.80. The monoisotopic (exact) mass is 315 g/mol. The Morgan fingerprint density at radius 2 is 1.95 bits per heavy atom. The Morgan fingerprint density at radius 1 is 1.19 bits per heavy atom. The van der Waals surface area contributed by atoms with Crippen molar-refractivity contribution in [2.45, 2.75) is 0 Å². The first kappa shape index (κ1) is 15.0. The lowest BCUT2D eigenvalue weighted by Crippen LogP contribution is -2.34. The van der Waals surface area contributed by atoms with Crippen LogP contribution in [0.1, 0.15) is 15.9 Å². The Morgan fingerprint density at radius 3 is 2.67 bits per heavy atom. The van der Waals surface area contributed by atoms with Crippen molar-refractivity contribution in [2.75, 3.05) is 5.32 Å². The van der Waals surface area contributed by atoms with E-state index in [9.17, 15) is 4.79 Å². The molecule has 4 nitrogen and oxygen atoms in total. The molecule has 2 N–H and O–H groups in total. The van der Waals surface area contributed by atoms with E-state index in [1.165, 1.54) is 0 Å². The standard InChI is InChI=1S/C15H10ClN3OS/c16-12-5-2-4-11(8-12)14(20)19-15(21)18-13-6-1-3-10(7-13)9-17/h1-8H,(H2,18,19,20,21). The minimum absolute atomic E-state index is 0.148. The van der Waals surface area contributed by atoms with E-state index in [-0.39, 0.29) is 11.0 Å². The van der Waals surface area contributed by atoms with Crippen LogP contribution < -0.4 is 10.6 Å². The minimum Gasteiger partial charge on any atom is -0.332 e. The molecule has 0 aliphatic rings. The molecule has 0 heterocycles. The summed E-state index contributed by atoms with van der Waals surface area (Å²) in [4.78, 5) is 12.0. The van der Waals surface area contributed by atoms with Crippen molar-refractivity contribution in [1.29, 1.82) is 5.26 Å². The van der Waals surface area contributed by atoms with Gasteiger partial charge in [0, 0.05) is 16.3 Å². The van der Waals surface area contributed by atoms with Gasteiger partial charge in [-0.15, -0.1) is 0 Å². The van der Waals surface area contributed by atoms with Crippen LogP contribution in [0.4, 0.5) is 5.69 Å². The highest BCUT2D eigenvalue weighted by atomic mass is 35.5. The molecule has 0 aliphatic heterocycles. The number of rotatable bonds is 2. The van der Waals surface area contributed by atoms with E-state index in [2.05, 4.69) is 10.6 Å². The smallest absolute Gasteiger partial charge is 0.257 e. The third-order valence-electron chi connectivity index (χ3n) is 2.56. The molecule has 2 rings (SSSR count). The summed E-state index contributed by atoms with van der Waals surface area (Å²) in [7, 11) is 0. The molecule has 0 unspecified atom stereocenters. The van der Waals surface area contributed by atoms with E-state index in [0.29, 0.717) is 21.8 Å². The first-order valence-corrected chi connectivity index (χ1v) is 6.75. The molecule has 0 aromatic heterocycles. The number of hydrogen-bond donors (Lipinski definition) is 2. The van der Waals surface area contributed by atoms with Gasteiger partial charge in [-0.2, -0.15) is 5.26 Å². The van der Waals surface area contributed by atoms with Crippen molar-refractivity contribution in [2.24, 2.45) is 0 Å². The lowest BCUT2D eigenvalue weighted by Gasteiger charge is -2.09. The summed E-state index contributed by atoms with van der Waals surface area (Å²) in [6, 6.07) is 15.4. The number of benzene rings is 2. The van der Waals surface area contributed by atoms with Gasteiger partial charge in [-0.1, -0.05) is 23.7 Å². The molecule has 21 heavy (non-hydrogen) atoms. The lowest BCUT2D eigenvalue weighted by molar-refractivity contribution is 0.0977. The summed E-state index contributed by atoms with van der Waals surface area (Å²) in [5, 5.41) is 14.8. The van der Waals surface area contributed by atoms with Crippen molar-refractivity contribution in [1.82, 2.24) is 5.32 Å². The zero-order valence-electron chi connectivity index (χ0n) is 10.8. The molecule has 2 aromatic rings. The van der Waals surface area contributed by atoms with Crippen LogP contribution in [0.5, 0.6) is 0 Å². The van der Waals surface area contributed by atoms with Gasteiger partial charge in [-0.3, -0.25) is 10.1 Å². The topological polar surface area (TPSA) is 64.9 Å². The Balaban J connectivity index is 2.01. The second kappa shape index (κ2) is 6.84. The summed E-state index contributed by atoms with van der Waals surface area (Å²) in [6.45, 7) is 0. The first-order chi connectivity index (χ1) is 10.1. The van der Waals surface area contributed by atoms with Gasteiger partial charge in [-0.25, -0.2) is 0 Å². The number of nitrogens with zero attached hydrogens (tertiary/aromatic N) is 1. The molecular formula is C15H10ClN3OS. The Hall–Kier alpha value is -2.42. The second-order valence-electron chi connectivity index (χ2n) is 4.11. The van der Waals surface area contributed by atoms with Crippen LogP contribution in [0.15, 0.2) is 48.5 Å². The fourth-order valence-electron chi connectivity index (χ4n) is 1.63. The normalized spacial score (nSPS) is 9.52. The van der Waals surface area contributed by atoms with Crippen LogP contribution in [0.2, 0.25) is 5.02 Å². The van der Waals surface area contributed by atoms with Gasteiger partial charge in [0.05, 0.1) is 11.6 Å². The molecule has 0 saturated heterocycles. The Kier molecular flexibility index (Phi) is 4.88. The van der Waals surface area contributed by atoms with Crippen molar-refractivity contribution in [3.8, 4) is 6.07 Å². The van der Waals surface area contributed by atoms with Gasteiger partial charge < -0.3 is 5.32 Å². The molecule has 0 atom stereocenters. The predicted octanol–water partition coefficient (Wildman–Crippen LogP) is 3.34. The summed E-state index contributed by atoms with van der Waals surface area (Å²) < 4.78 is 0. The summed E-state index contributed by atoms with van der Waals surface area (Å²) in [5.74, 6) is -0.355. The number of carbonyl (C=O) groups is 1. The summed E-state index contributed by atoms with van der Waals surface area (Å²) >= 11 is 10.9. The molecular weight excluding hydrogens is 306 g/mol. The Labute approximate surface area is 132 Å². The van der Waals surface area contributed by atoms with Crippen LogP contribution in [-0.2, 0) is 0 Å². The maximum absolute atomic E-state index is 12.0. The Bertz CT molecular complexity index is 740. The number of carbonyl (C=O) groups excluding carboxylic acids is 1. The quantitative estimate of drug-likeness (QED) is 0.834. The highest BCUT2D eigenvalue weighted by Crippen LogP contribution is 2.11. The number of thiocarbonyl (C=S) groups is 1. The van der Waals surface area contributed by atoms with Crippen LogP contribution in [-0.4, -0.2) is 11.0 Å². The van der Waals surface area contributed by atoms with E-state index < -0.39 is 0 Å². The number of nitriles is 1. The van der Waals surface area contributed by atoms with Crippen molar-refractivity contribution >= 4 is 40.5 Å². The molecule has 0 bridgehead atoms. The third kappa shape index (κ3) is 4.28. The van der Waals surface area contributed by atoms with Crippen LogP contribution >= 0.6 is 23.8 Å². The molecule has 0 spiro atoms. The van der Waals surface area contributed by atoms with Gasteiger partial charge in [0.1, 0.15) is 0 Å². The number of anilines is 1. The van der Waals surface area contributed by atoms with Crippen LogP contribution in [0.3, 0.4) is 0 Å².